The molecule has 2 rings (SSSR count). The molecule has 2 unspecified atom stereocenters. The van der Waals surface area contributed by atoms with Crippen LogP contribution in [0.15, 0.2) is 0 Å². The van der Waals surface area contributed by atoms with Crippen LogP contribution in [0.1, 0.15) is 58.3 Å². The molecule has 2 fully saturated rings. The highest BCUT2D eigenvalue weighted by molar-refractivity contribution is 7.99. The highest BCUT2D eigenvalue weighted by atomic mass is 32.2. The van der Waals surface area contributed by atoms with Crippen molar-refractivity contribution < 1.29 is 14.3 Å². The van der Waals surface area contributed by atoms with E-state index in [1.807, 2.05) is 11.8 Å². The third-order valence-corrected chi connectivity index (χ3v) is 5.70. The Kier molecular flexibility index (Phi) is 6.83. The normalized spacial score (nSPS) is 25.9. The molecule has 0 aromatic carbocycles. The number of rotatable bonds is 7. The van der Waals surface area contributed by atoms with Crippen LogP contribution >= 0.6 is 11.8 Å². The van der Waals surface area contributed by atoms with Crippen LogP contribution in [0.25, 0.3) is 0 Å². The van der Waals surface area contributed by atoms with E-state index in [9.17, 15) is 4.79 Å². The molecule has 122 valence electrons. The van der Waals surface area contributed by atoms with Crippen LogP contribution in [0.3, 0.4) is 0 Å². The van der Waals surface area contributed by atoms with Crippen LogP contribution in [0.5, 0.6) is 0 Å². The van der Waals surface area contributed by atoms with Crippen LogP contribution in [0.2, 0.25) is 0 Å². The average Bonchev–Trinajstić information content (AvgIpc) is 2.87. The van der Waals surface area contributed by atoms with Gasteiger partial charge in [0.2, 0.25) is 0 Å². The quantitative estimate of drug-likeness (QED) is 0.578. The van der Waals surface area contributed by atoms with Gasteiger partial charge in [-0.05, 0) is 44.8 Å². The number of hydrogen-bond acceptors (Lipinski definition) is 5. The van der Waals surface area contributed by atoms with Gasteiger partial charge < -0.3 is 15.2 Å². The second-order valence-electron chi connectivity index (χ2n) is 6.24. The first-order valence-electron chi connectivity index (χ1n) is 8.33. The molecule has 1 aliphatic carbocycles. The molecule has 1 spiro atoms. The lowest BCUT2D eigenvalue weighted by molar-refractivity contribution is -0.144. The van der Waals surface area contributed by atoms with Crippen molar-refractivity contribution in [2.24, 2.45) is 5.73 Å². The van der Waals surface area contributed by atoms with E-state index in [0.717, 1.165) is 11.5 Å². The molecule has 2 aliphatic rings. The van der Waals surface area contributed by atoms with Gasteiger partial charge in [0.25, 0.3) is 0 Å². The second kappa shape index (κ2) is 8.39. The third kappa shape index (κ3) is 5.15. The van der Waals surface area contributed by atoms with E-state index in [2.05, 4.69) is 0 Å². The van der Waals surface area contributed by atoms with Crippen molar-refractivity contribution in [3.05, 3.63) is 0 Å². The minimum Gasteiger partial charge on any atom is -0.465 e. The van der Waals surface area contributed by atoms with Crippen molar-refractivity contribution in [2.45, 2.75) is 76.0 Å². The molecular formula is C16H29NO3S. The predicted octanol–water partition coefficient (Wildman–Crippen LogP) is 2.88. The Labute approximate surface area is 132 Å². The second-order valence-corrected chi connectivity index (χ2v) is 7.39. The maximum atomic E-state index is 11.4. The van der Waals surface area contributed by atoms with Crippen molar-refractivity contribution in [1.29, 1.82) is 0 Å². The van der Waals surface area contributed by atoms with Gasteiger partial charge in [0.15, 0.2) is 0 Å². The summed E-state index contributed by atoms with van der Waals surface area (Å²) in [4.78, 5) is 11.4. The maximum absolute atomic E-state index is 11.4. The number of ether oxygens (including phenoxy) is 2. The molecule has 1 saturated heterocycles. The van der Waals surface area contributed by atoms with Gasteiger partial charge in [-0.2, -0.15) is 11.8 Å². The number of esters is 1. The van der Waals surface area contributed by atoms with E-state index < -0.39 is 6.04 Å². The molecule has 0 radical (unpaired) electrons. The predicted molar refractivity (Wildman–Crippen MR) is 86.5 cm³/mol. The van der Waals surface area contributed by atoms with Crippen molar-refractivity contribution in [3.8, 4) is 0 Å². The average molecular weight is 315 g/mol. The minimum absolute atomic E-state index is 0.213. The molecule has 0 aromatic rings. The Balaban J connectivity index is 1.58. The highest BCUT2D eigenvalue weighted by Gasteiger charge is 2.40. The lowest BCUT2D eigenvalue weighted by Gasteiger charge is -2.33. The minimum atomic E-state index is -0.480. The summed E-state index contributed by atoms with van der Waals surface area (Å²) in [5.41, 5.74) is 6.00. The first kappa shape index (κ1) is 17.1. The summed E-state index contributed by atoms with van der Waals surface area (Å²) in [5.74, 6) is 1.64. The summed E-state index contributed by atoms with van der Waals surface area (Å²) in [7, 11) is 0. The van der Waals surface area contributed by atoms with Gasteiger partial charge in [-0.1, -0.05) is 19.3 Å². The van der Waals surface area contributed by atoms with Crippen LogP contribution in [-0.4, -0.2) is 41.8 Å². The third-order valence-electron chi connectivity index (χ3n) is 4.57. The van der Waals surface area contributed by atoms with Crippen molar-refractivity contribution in [3.63, 3.8) is 0 Å². The Morgan fingerprint density at radius 2 is 2.14 bits per heavy atom. The molecule has 2 atom stereocenters. The Bertz CT molecular complexity index is 331. The zero-order chi connectivity index (χ0) is 15.1. The van der Waals surface area contributed by atoms with Gasteiger partial charge in [-0.15, -0.1) is 0 Å². The fraction of sp³-hybridized carbons (Fsp3) is 0.938. The van der Waals surface area contributed by atoms with E-state index >= 15 is 0 Å². The molecule has 1 heterocycles. The van der Waals surface area contributed by atoms with E-state index in [1.54, 1.807) is 6.92 Å². The lowest BCUT2D eigenvalue weighted by Crippen LogP contribution is -2.33. The molecule has 4 nitrogen and oxygen atoms in total. The molecule has 0 aromatic heterocycles. The molecule has 0 amide bonds. The number of hydrogen-bond donors (Lipinski definition) is 1. The SMILES string of the molecule is CCOC(=O)C(N)CCSCC1CCC2(CCCCC2)O1. The van der Waals surface area contributed by atoms with E-state index in [1.165, 1.54) is 44.9 Å². The van der Waals surface area contributed by atoms with Crippen LogP contribution in [0.4, 0.5) is 0 Å². The highest BCUT2D eigenvalue weighted by Crippen LogP contribution is 2.42. The fourth-order valence-corrected chi connectivity index (χ4v) is 4.45. The monoisotopic (exact) mass is 315 g/mol. The van der Waals surface area contributed by atoms with Crippen molar-refractivity contribution in [1.82, 2.24) is 0 Å². The number of nitrogens with two attached hydrogens (primary N) is 1. The van der Waals surface area contributed by atoms with E-state index in [4.69, 9.17) is 15.2 Å². The first-order chi connectivity index (χ1) is 10.2. The van der Waals surface area contributed by atoms with Crippen LogP contribution in [-0.2, 0) is 14.3 Å². The summed E-state index contributed by atoms with van der Waals surface area (Å²) >= 11 is 1.85. The van der Waals surface area contributed by atoms with Gasteiger partial charge in [0.1, 0.15) is 6.04 Å². The molecule has 5 heteroatoms. The van der Waals surface area contributed by atoms with E-state index in [-0.39, 0.29) is 11.6 Å². The molecular weight excluding hydrogens is 286 g/mol. The Hall–Kier alpha value is -0.260. The summed E-state index contributed by atoms with van der Waals surface area (Å²) < 4.78 is 11.3. The van der Waals surface area contributed by atoms with Gasteiger partial charge in [0.05, 0.1) is 18.3 Å². The molecule has 2 N–H and O–H groups in total. The van der Waals surface area contributed by atoms with Crippen molar-refractivity contribution in [2.75, 3.05) is 18.1 Å². The Morgan fingerprint density at radius 3 is 2.86 bits per heavy atom. The Morgan fingerprint density at radius 1 is 1.38 bits per heavy atom. The standard InChI is InChI=1S/C16H29NO3S/c1-2-19-15(18)14(17)7-11-21-12-13-6-10-16(20-13)8-4-3-5-9-16/h13-14H,2-12,17H2,1H3. The summed E-state index contributed by atoms with van der Waals surface area (Å²) in [5, 5.41) is 0. The van der Waals surface area contributed by atoms with E-state index in [0.29, 0.717) is 19.1 Å². The fourth-order valence-electron chi connectivity index (χ4n) is 3.37. The largest absolute Gasteiger partial charge is 0.465 e. The first-order valence-corrected chi connectivity index (χ1v) is 9.48. The van der Waals surface area contributed by atoms with Gasteiger partial charge in [-0.3, -0.25) is 4.79 Å². The van der Waals surface area contributed by atoms with Gasteiger partial charge in [-0.25, -0.2) is 0 Å². The molecule has 21 heavy (non-hydrogen) atoms. The zero-order valence-corrected chi connectivity index (χ0v) is 14.0. The lowest BCUT2D eigenvalue weighted by atomic mass is 9.83. The molecule has 0 bridgehead atoms. The number of thioether (sulfide) groups is 1. The molecule has 1 saturated carbocycles. The van der Waals surface area contributed by atoms with Crippen molar-refractivity contribution >= 4 is 17.7 Å². The van der Waals surface area contributed by atoms with Gasteiger partial charge in [0, 0.05) is 5.75 Å². The zero-order valence-electron chi connectivity index (χ0n) is 13.1. The molecule has 1 aliphatic heterocycles. The summed E-state index contributed by atoms with van der Waals surface area (Å²) in [6.45, 7) is 2.20. The van der Waals surface area contributed by atoms with Crippen LogP contribution < -0.4 is 5.73 Å². The topological polar surface area (TPSA) is 61.5 Å². The number of carbonyl (C=O) groups excluding carboxylic acids is 1. The maximum Gasteiger partial charge on any atom is 0.322 e. The smallest absolute Gasteiger partial charge is 0.322 e. The number of carbonyl (C=O) groups is 1. The summed E-state index contributed by atoms with van der Waals surface area (Å²) in [6.07, 6.45) is 10.0. The van der Waals surface area contributed by atoms with Crippen LogP contribution in [0, 0.1) is 0 Å². The summed E-state index contributed by atoms with van der Waals surface area (Å²) in [6, 6.07) is -0.480. The van der Waals surface area contributed by atoms with Gasteiger partial charge >= 0.3 is 5.97 Å².